The van der Waals surface area contributed by atoms with E-state index in [1.165, 1.54) is 31.2 Å². The van der Waals surface area contributed by atoms with E-state index in [2.05, 4.69) is 45.0 Å². The maximum atomic E-state index is 2.42. The van der Waals surface area contributed by atoms with Crippen LogP contribution in [0.3, 0.4) is 0 Å². The summed E-state index contributed by atoms with van der Waals surface area (Å²) in [6, 6.07) is 8.89. The van der Waals surface area contributed by atoms with Gasteiger partial charge in [0.25, 0.3) is 0 Å². The van der Waals surface area contributed by atoms with E-state index >= 15 is 0 Å². The van der Waals surface area contributed by atoms with E-state index in [0.29, 0.717) is 5.41 Å². The van der Waals surface area contributed by atoms with Gasteiger partial charge in [0.1, 0.15) is 0 Å². The Morgan fingerprint density at radius 3 is 2.38 bits per heavy atom. The second-order valence-corrected chi connectivity index (χ2v) is 7.54. The van der Waals surface area contributed by atoms with E-state index in [-0.39, 0.29) is 0 Å². The molecule has 0 amide bonds. The van der Waals surface area contributed by atoms with Crippen LogP contribution in [0.4, 0.5) is 0 Å². The van der Waals surface area contributed by atoms with Gasteiger partial charge in [0, 0.05) is 0 Å². The molecule has 88 valence electrons. The van der Waals surface area contributed by atoms with Crippen molar-refractivity contribution in [2.24, 2.45) is 5.41 Å². The molecule has 0 aliphatic heterocycles. The maximum Gasteiger partial charge on any atom is -0.0196 e. The summed E-state index contributed by atoms with van der Waals surface area (Å²) in [7, 11) is 1.03. The van der Waals surface area contributed by atoms with Gasteiger partial charge in [-0.15, -0.1) is 0 Å². The molecule has 0 heterocycles. The lowest BCUT2D eigenvalue weighted by Crippen LogP contribution is -2.23. The fraction of sp³-hybridized carbons (Fsp3) is 0.600. The number of hydrogen-bond acceptors (Lipinski definition) is 0. The van der Waals surface area contributed by atoms with Crippen molar-refractivity contribution in [1.29, 1.82) is 0 Å². The second kappa shape index (κ2) is 4.88. The summed E-state index contributed by atoms with van der Waals surface area (Å²) in [5.41, 5.74) is 3.03. The predicted molar refractivity (Wildman–Crippen MR) is 75.2 cm³/mol. The molecule has 1 unspecified atom stereocenters. The number of aryl methyl sites for hydroxylation is 1. The van der Waals surface area contributed by atoms with Gasteiger partial charge in [0.2, 0.25) is 0 Å². The van der Waals surface area contributed by atoms with Crippen molar-refractivity contribution in [3.63, 3.8) is 0 Å². The largest absolute Gasteiger partial charge is 0.0869 e. The van der Waals surface area contributed by atoms with Crippen LogP contribution in [0.25, 0.3) is 0 Å². The van der Waals surface area contributed by atoms with Crippen LogP contribution in [-0.2, 0) is 0 Å². The SMILES string of the molecule is Cc1ccccc1PC1CCC(C)(C)CC1. The van der Waals surface area contributed by atoms with Gasteiger partial charge >= 0.3 is 0 Å². The molecule has 1 aromatic rings. The first kappa shape index (κ1) is 12.1. The average Bonchev–Trinajstić information content (AvgIpc) is 2.24. The third-order valence-electron chi connectivity index (χ3n) is 3.84. The zero-order chi connectivity index (χ0) is 11.6. The van der Waals surface area contributed by atoms with Gasteiger partial charge in [-0.25, -0.2) is 0 Å². The Hall–Kier alpha value is -0.350. The molecule has 1 aromatic carbocycles. The molecule has 0 radical (unpaired) electrons. The first-order valence-corrected chi connectivity index (χ1v) is 7.47. The van der Waals surface area contributed by atoms with Crippen molar-refractivity contribution >= 4 is 13.9 Å². The summed E-state index contributed by atoms with van der Waals surface area (Å²) in [6.07, 6.45) is 5.69. The first-order chi connectivity index (χ1) is 7.57. The molecule has 0 spiro atoms. The summed E-state index contributed by atoms with van der Waals surface area (Å²) in [5, 5.41) is 1.59. The Bertz CT molecular complexity index is 344. The first-order valence-electron chi connectivity index (χ1n) is 6.39. The highest BCUT2D eigenvalue weighted by Crippen LogP contribution is 2.41. The van der Waals surface area contributed by atoms with Crippen LogP contribution in [0, 0.1) is 12.3 Å². The van der Waals surface area contributed by atoms with Crippen LogP contribution in [0.5, 0.6) is 0 Å². The highest BCUT2D eigenvalue weighted by atomic mass is 31.1. The minimum absolute atomic E-state index is 0.604. The van der Waals surface area contributed by atoms with E-state index in [9.17, 15) is 0 Å². The van der Waals surface area contributed by atoms with Crippen molar-refractivity contribution in [3.8, 4) is 0 Å². The molecular formula is C15H23P. The molecular weight excluding hydrogens is 211 g/mol. The zero-order valence-electron chi connectivity index (χ0n) is 10.7. The summed E-state index contributed by atoms with van der Waals surface area (Å²) in [6.45, 7) is 7.08. The van der Waals surface area contributed by atoms with Crippen molar-refractivity contribution < 1.29 is 0 Å². The summed E-state index contributed by atoms with van der Waals surface area (Å²) >= 11 is 0. The summed E-state index contributed by atoms with van der Waals surface area (Å²) < 4.78 is 0. The fourth-order valence-corrected chi connectivity index (χ4v) is 4.02. The molecule has 2 rings (SSSR count). The molecule has 1 atom stereocenters. The Morgan fingerprint density at radius 2 is 1.75 bits per heavy atom. The van der Waals surface area contributed by atoms with Gasteiger partial charge in [-0.05, 0) is 54.5 Å². The monoisotopic (exact) mass is 234 g/mol. The lowest BCUT2D eigenvalue weighted by Gasteiger charge is -2.34. The minimum Gasteiger partial charge on any atom is -0.0869 e. The highest BCUT2D eigenvalue weighted by Gasteiger charge is 2.26. The topological polar surface area (TPSA) is 0 Å². The van der Waals surface area contributed by atoms with Crippen LogP contribution < -0.4 is 5.30 Å². The molecule has 1 aliphatic carbocycles. The van der Waals surface area contributed by atoms with E-state index in [4.69, 9.17) is 0 Å². The third kappa shape index (κ3) is 3.08. The molecule has 0 nitrogen and oxygen atoms in total. The van der Waals surface area contributed by atoms with E-state index in [1.54, 1.807) is 5.30 Å². The summed E-state index contributed by atoms with van der Waals surface area (Å²) in [4.78, 5) is 0. The smallest absolute Gasteiger partial charge is 0.0196 e. The number of benzene rings is 1. The van der Waals surface area contributed by atoms with E-state index in [1.807, 2.05) is 0 Å². The molecule has 0 N–H and O–H groups in total. The second-order valence-electron chi connectivity index (χ2n) is 5.90. The zero-order valence-corrected chi connectivity index (χ0v) is 11.7. The molecule has 0 saturated heterocycles. The van der Waals surface area contributed by atoms with Crippen LogP contribution in [0.2, 0.25) is 0 Å². The number of rotatable bonds is 2. The lowest BCUT2D eigenvalue weighted by atomic mass is 9.77. The molecule has 1 heteroatoms. The number of hydrogen-bond donors (Lipinski definition) is 0. The molecule has 1 aliphatic rings. The van der Waals surface area contributed by atoms with Gasteiger partial charge in [0.15, 0.2) is 0 Å². The Balaban J connectivity index is 1.95. The molecule has 1 fully saturated rings. The highest BCUT2D eigenvalue weighted by molar-refractivity contribution is 7.48. The van der Waals surface area contributed by atoms with Gasteiger partial charge < -0.3 is 0 Å². The van der Waals surface area contributed by atoms with Crippen LogP contribution in [0.15, 0.2) is 24.3 Å². The minimum atomic E-state index is 0.604. The quantitative estimate of drug-likeness (QED) is 0.670. The molecule has 0 bridgehead atoms. The Kier molecular flexibility index (Phi) is 3.70. The van der Waals surface area contributed by atoms with Gasteiger partial charge in [0.05, 0.1) is 0 Å². The van der Waals surface area contributed by atoms with Crippen molar-refractivity contribution in [1.82, 2.24) is 0 Å². The molecule has 0 aromatic heterocycles. The average molecular weight is 234 g/mol. The van der Waals surface area contributed by atoms with Crippen LogP contribution >= 0.6 is 8.58 Å². The Labute approximate surface area is 102 Å². The lowest BCUT2D eigenvalue weighted by molar-refractivity contribution is 0.249. The maximum absolute atomic E-state index is 2.42. The van der Waals surface area contributed by atoms with Crippen LogP contribution in [0.1, 0.15) is 45.1 Å². The van der Waals surface area contributed by atoms with Gasteiger partial charge in [-0.1, -0.05) is 46.7 Å². The van der Waals surface area contributed by atoms with E-state index in [0.717, 1.165) is 14.2 Å². The normalized spacial score (nSPS) is 21.7. The summed E-state index contributed by atoms with van der Waals surface area (Å²) in [5.74, 6) is 0. The Morgan fingerprint density at radius 1 is 1.12 bits per heavy atom. The van der Waals surface area contributed by atoms with Crippen LogP contribution in [-0.4, -0.2) is 5.66 Å². The standard InChI is InChI=1S/C15H23P/c1-12-6-4-5-7-14(12)16-13-8-10-15(2,3)11-9-13/h4-7,13,16H,8-11H2,1-3H3. The third-order valence-corrected chi connectivity index (χ3v) is 5.70. The van der Waals surface area contributed by atoms with Crippen molar-refractivity contribution in [3.05, 3.63) is 29.8 Å². The predicted octanol–water partition coefficient (Wildman–Crippen LogP) is 4.27. The van der Waals surface area contributed by atoms with Gasteiger partial charge in [-0.2, -0.15) is 0 Å². The molecule has 16 heavy (non-hydrogen) atoms. The fourth-order valence-electron chi connectivity index (χ4n) is 2.50. The van der Waals surface area contributed by atoms with Crippen molar-refractivity contribution in [2.75, 3.05) is 0 Å². The van der Waals surface area contributed by atoms with E-state index < -0.39 is 0 Å². The van der Waals surface area contributed by atoms with Crippen molar-refractivity contribution in [2.45, 2.75) is 52.1 Å². The molecule has 1 saturated carbocycles. The van der Waals surface area contributed by atoms with Gasteiger partial charge in [-0.3, -0.25) is 0 Å².